The maximum absolute atomic E-state index is 10.8. The second-order valence-corrected chi connectivity index (χ2v) is 10.1. The van der Waals surface area contributed by atoms with Crippen molar-refractivity contribution in [3.8, 4) is 11.5 Å². The Kier molecular flexibility index (Phi) is 13.2. The fourth-order valence-corrected chi connectivity index (χ4v) is 4.96. The summed E-state index contributed by atoms with van der Waals surface area (Å²) in [6, 6.07) is 14.6. The van der Waals surface area contributed by atoms with Gasteiger partial charge in [-0.3, -0.25) is 9.59 Å². The minimum Gasteiger partial charge on any atom is -0.494 e. The van der Waals surface area contributed by atoms with Crippen LogP contribution in [-0.2, 0) is 4.74 Å². The Bertz CT molecular complexity index is 891. The number of carbonyl (C=O) groups is 2. The van der Waals surface area contributed by atoms with Crippen molar-refractivity contribution < 1.29 is 28.3 Å². The molecule has 202 valence electrons. The highest BCUT2D eigenvalue weighted by Crippen LogP contribution is 2.18. The van der Waals surface area contributed by atoms with Gasteiger partial charge in [0, 0.05) is 17.5 Å². The van der Waals surface area contributed by atoms with E-state index in [1.807, 2.05) is 24.3 Å². The Labute approximate surface area is 222 Å². The summed E-state index contributed by atoms with van der Waals surface area (Å²) in [5, 5.41) is 0. The smallest absolute Gasteiger partial charge is 0.150 e. The molecule has 0 atom stereocenters. The lowest BCUT2D eigenvalue weighted by molar-refractivity contribution is -0.935. The highest BCUT2D eigenvalue weighted by atomic mass is 16.5. The zero-order valence-electron chi connectivity index (χ0n) is 22.3. The molecule has 37 heavy (non-hydrogen) atoms. The first-order chi connectivity index (χ1) is 18.2. The van der Waals surface area contributed by atoms with Crippen molar-refractivity contribution in [3.63, 3.8) is 0 Å². The van der Waals surface area contributed by atoms with Gasteiger partial charge in [0.1, 0.15) is 37.2 Å². The molecule has 6 nitrogen and oxygen atoms in total. The lowest BCUT2D eigenvalue weighted by Crippen LogP contribution is -2.56. The first kappa shape index (κ1) is 28.9. The molecule has 1 aliphatic heterocycles. The first-order valence-electron chi connectivity index (χ1n) is 14.0. The summed E-state index contributed by atoms with van der Waals surface area (Å²) in [5.41, 5.74) is 1.36. The van der Waals surface area contributed by atoms with E-state index in [1.54, 1.807) is 24.3 Å². The molecule has 0 unspecified atom stereocenters. The third-order valence-corrected chi connectivity index (χ3v) is 7.29. The van der Waals surface area contributed by atoms with Gasteiger partial charge in [-0.15, -0.1) is 0 Å². The van der Waals surface area contributed by atoms with Crippen LogP contribution in [0.1, 0.15) is 78.5 Å². The largest absolute Gasteiger partial charge is 0.494 e. The van der Waals surface area contributed by atoms with Crippen molar-refractivity contribution in [1.82, 2.24) is 0 Å². The second-order valence-electron chi connectivity index (χ2n) is 10.1. The lowest BCUT2D eigenvalue weighted by atomic mass is 10.1. The van der Waals surface area contributed by atoms with Crippen LogP contribution < -0.4 is 9.47 Å². The molecular formula is C31H44NO5+. The van der Waals surface area contributed by atoms with Crippen molar-refractivity contribution in [2.45, 2.75) is 57.8 Å². The molecule has 0 aromatic heterocycles. The van der Waals surface area contributed by atoms with Crippen LogP contribution in [0.3, 0.4) is 0 Å². The first-order valence-corrected chi connectivity index (χ1v) is 14.0. The maximum Gasteiger partial charge on any atom is 0.150 e. The maximum atomic E-state index is 10.8. The SMILES string of the molecule is O=Cc1ccc(OCCCCCCCCCC[N+]2(CCCOc3ccc(C=O)cc3)CCOCC2)cc1. The van der Waals surface area contributed by atoms with Crippen molar-refractivity contribution in [2.75, 3.05) is 52.6 Å². The van der Waals surface area contributed by atoms with Gasteiger partial charge < -0.3 is 18.7 Å². The van der Waals surface area contributed by atoms with E-state index >= 15 is 0 Å². The number of unbranched alkanes of at least 4 members (excludes halogenated alkanes) is 7. The molecule has 3 rings (SSSR count). The molecule has 0 bridgehead atoms. The molecule has 6 heteroatoms. The van der Waals surface area contributed by atoms with Gasteiger partial charge >= 0.3 is 0 Å². The molecule has 0 N–H and O–H groups in total. The Morgan fingerprint density at radius 1 is 0.595 bits per heavy atom. The van der Waals surface area contributed by atoms with Crippen LogP contribution in [0.5, 0.6) is 11.5 Å². The molecule has 0 amide bonds. The molecule has 0 aliphatic carbocycles. The lowest BCUT2D eigenvalue weighted by Gasteiger charge is -2.41. The predicted molar refractivity (Wildman–Crippen MR) is 147 cm³/mol. The summed E-state index contributed by atoms with van der Waals surface area (Å²) >= 11 is 0. The van der Waals surface area contributed by atoms with Crippen LogP contribution in [-0.4, -0.2) is 69.7 Å². The number of hydrogen-bond acceptors (Lipinski definition) is 5. The van der Waals surface area contributed by atoms with E-state index < -0.39 is 0 Å². The number of benzene rings is 2. The van der Waals surface area contributed by atoms with Crippen LogP contribution in [0.25, 0.3) is 0 Å². The highest BCUT2D eigenvalue weighted by Gasteiger charge is 2.29. The van der Waals surface area contributed by atoms with Gasteiger partial charge in [0.05, 0.1) is 39.5 Å². The van der Waals surface area contributed by atoms with Crippen LogP contribution in [0, 0.1) is 0 Å². The van der Waals surface area contributed by atoms with Crippen molar-refractivity contribution >= 4 is 12.6 Å². The number of carbonyl (C=O) groups excluding carboxylic acids is 2. The molecule has 2 aromatic carbocycles. The van der Waals surface area contributed by atoms with Gasteiger partial charge in [-0.05, 0) is 67.8 Å². The molecule has 0 radical (unpaired) electrons. The van der Waals surface area contributed by atoms with Crippen molar-refractivity contribution in [3.05, 3.63) is 59.7 Å². The Hall–Kier alpha value is -2.70. The fourth-order valence-electron chi connectivity index (χ4n) is 4.96. The molecule has 2 aromatic rings. The highest BCUT2D eigenvalue weighted by molar-refractivity contribution is 5.75. The number of morpholine rings is 1. The Morgan fingerprint density at radius 3 is 1.54 bits per heavy atom. The van der Waals surface area contributed by atoms with Gasteiger partial charge in [0.15, 0.2) is 0 Å². The number of rotatable bonds is 19. The Balaban J connectivity index is 1.20. The third kappa shape index (κ3) is 11.1. The van der Waals surface area contributed by atoms with E-state index in [1.165, 1.54) is 51.5 Å². The van der Waals surface area contributed by atoms with Gasteiger partial charge in [-0.1, -0.05) is 32.1 Å². The summed E-state index contributed by atoms with van der Waals surface area (Å²) < 4.78 is 18.5. The van der Waals surface area contributed by atoms with Crippen LogP contribution >= 0.6 is 0 Å². The van der Waals surface area contributed by atoms with E-state index in [0.717, 1.165) is 80.9 Å². The zero-order chi connectivity index (χ0) is 26.0. The summed E-state index contributed by atoms with van der Waals surface area (Å²) in [6.45, 7) is 7.76. The quantitative estimate of drug-likeness (QED) is 0.129. The molecule has 0 saturated carbocycles. The van der Waals surface area contributed by atoms with Gasteiger partial charge in [0.25, 0.3) is 0 Å². The van der Waals surface area contributed by atoms with Crippen molar-refractivity contribution in [1.29, 1.82) is 0 Å². The van der Waals surface area contributed by atoms with Crippen molar-refractivity contribution in [2.24, 2.45) is 0 Å². The molecule has 1 saturated heterocycles. The minimum absolute atomic E-state index is 0.676. The number of quaternary nitrogens is 1. The fraction of sp³-hybridized carbons (Fsp3) is 0.548. The molecule has 1 fully saturated rings. The molecule has 1 aliphatic rings. The van der Waals surface area contributed by atoms with Gasteiger partial charge in [-0.25, -0.2) is 0 Å². The Morgan fingerprint density at radius 2 is 1.03 bits per heavy atom. The molecule has 0 spiro atoms. The summed E-state index contributed by atoms with van der Waals surface area (Å²) in [6.07, 6.45) is 12.8. The van der Waals surface area contributed by atoms with Crippen LogP contribution in [0.2, 0.25) is 0 Å². The number of aldehydes is 2. The second kappa shape index (κ2) is 16.9. The minimum atomic E-state index is 0.676. The van der Waals surface area contributed by atoms with E-state index in [4.69, 9.17) is 14.2 Å². The third-order valence-electron chi connectivity index (χ3n) is 7.29. The number of nitrogens with zero attached hydrogens (tertiary/aromatic N) is 1. The van der Waals surface area contributed by atoms with Gasteiger partial charge in [0.2, 0.25) is 0 Å². The monoisotopic (exact) mass is 510 g/mol. The van der Waals surface area contributed by atoms with E-state index in [2.05, 4.69) is 0 Å². The summed E-state index contributed by atoms with van der Waals surface area (Å²) in [4.78, 5) is 21.5. The molecular weight excluding hydrogens is 466 g/mol. The average molecular weight is 511 g/mol. The topological polar surface area (TPSA) is 61.8 Å². The van der Waals surface area contributed by atoms with E-state index in [-0.39, 0.29) is 0 Å². The average Bonchev–Trinajstić information content (AvgIpc) is 2.95. The summed E-state index contributed by atoms with van der Waals surface area (Å²) in [7, 11) is 0. The van der Waals surface area contributed by atoms with E-state index in [0.29, 0.717) is 17.7 Å². The number of ether oxygens (including phenoxy) is 3. The van der Waals surface area contributed by atoms with Crippen LogP contribution in [0.4, 0.5) is 0 Å². The van der Waals surface area contributed by atoms with E-state index in [9.17, 15) is 9.59 Å². The standard InChI is InChI=1S/C31H44NO5/c33-26-28-10-14-30(15-11-28)36-22-8-6-4-2-1-3-5-7-18-32(20-24-35-25-21-32)19-9-23-37-31-16-12-29(27-34)13-17-31/h10-17,26-27H,1-9,18-25H2/q+1. The zero-order valence-corrected chi connectivity index (χ0v) is 22.3. The summed E-state index contributed by atoms with van der Waals surface area (Å²) in [5.74, 6) is 1.67. The van der Waals surface area contributed by atoms with Gasteiger partial charge in [-0.2, -0.15) is 0 Å². The predicted octanol–water partition coefficient (Wildman–Crippen LogP) is 6.13. The normalized spacial score (nSPS) is 14.7. The van der Waals surface area contributed by atoms with Crippen LogP contribution in [0.15, 0.2) is 48.5 Å². The molecule has 1 heterocycles. The number of hydrogen-bond donors (Lipinski definition) is 0.